The van der Waals surface area contributed by atoms with Gasteiger partial charge < -0.3 is 15.7 Å². The molecule has 7 nitrogen and oxygen atoms in total. The molecule has 3 aromatic carbocycles. The van der Waals surface area contributed by atoms with E-state index in [4.69, 9.17) is 0 Å². The van der Waals surface area contributed by atoms with E-state index in [2.05, 4.69) is 22.7 Å². The second-order valence-electron chi connectivity index (χ2n) is 9.82. The Balaban J connectivity index is 1.35. The van der Waals surface area contributed by atoms with Crippen LogP contribution in [0.25, 0.3) is 11.3 Å². The first-order chi connectivity index (χ1) is 18.4. The van der Waals surface area contributed by atoms with Gasteiger partial charge in [0.1, 0.15) is 5.75 Å². The monoisotopic (exact) mass is 508 g/mol. The maximum absolute atomic E-state index is 13.2. The Bertz CT molecular complexity index is 1470. The van der Waals surface area contributed by atoms with Gasteiger partial charge in [-0.2, -0.15) is 9.78 Å². The van der Waals surface area contributed by atoms with Gasteiger partial charge in [0.25, 0.3) is 5.91 Å². The lowest BCUT2D eigenvalue weighted by Gasteiger charge is -2.25. The Morgan fingerprint density at radius 2 is 1.79 bits per heavy atom. The number of hydrogen-bond donors (Lipinski definition) is 3. The van der Waals surface area contributed by atoms with Crippen molar-refractivity contribution < 1.29 is 14.7 Å². The zero-order valence-electron chi connectivity index (χ0n) is 21.7. The molecule has 1 aromatic heterocycles. The summed E-state index contributed by atoms with van der Waals surface area (Å²) in [6, 6.07) is 21.9. The van der Waals surface area contributed by atoms with Crippen molar-refractivity contribution in [2.75, 3.05) is 5.32 Å². The lowest BCUT2D eigenvalue weighted by molar-refractivity contribution is 0.102. The fourth-order valence-corrected chi connectivity index (χ4v) is 4.66. The van der Waals surface area contributed by atoms with E-state index < -0.39 is 0 Å². The number of aromatic nitrogens is 2. The minimum absolute atomic E-state index is 0.0192. The number of anilines is 1. The average Bonchev–Trinajstić information content (AvgIpc) is 3.31. The van der Waals surface area contributed by atoms with E-state index in [1.165, 1.54) is 10.7 Å². The summed E-state index contributed by atoms with van der Waals surface area (Å²) < 4.78 is 1.44. The summed E-state index contributed by atoms with van der Waals surface area (Å²) in [5.74, 6) is -0.00352. The number of nitrogens with one attached hydrogen (secondary N) is 2. The highest BCUT2D eigenvalue weighted by Crippen LogP contribution is 2.39. The Morgan fingerprint density at radius 3 is 2.45 bits per heavy atom. The van der Waals surface area contributed by atoms with E-state index in [0.29, 0.717) is 29.1 Å². The van der Waals surface area contributed by atoms with E-state index in [1.54, 1.807) is 24.3 Å². The Labute approximate surface area is 222 Å². The smallest absolute Gasteiger partial charge is 0.342 e. The summed E-state index contributed by atoms with van der Waals surface area (Å²) >= 11 is 0. The summed E-state index contributed by atoms with van der Waals surface area (Å²) in [4.78, 5) is 25.8. The summed E-state index contributed by atoms with van der Waals surface area (Å²) in [6.07, 6.45) is 4.04. The van der Waals surface area contributed by atoms with Crippen molar-refractivity contribution in [2.24, 2.45) is 0 Å². The van der Waals surface area contributed by atoms with Crippen LogP contribution in [0.5, 0.6) is 5.75 Å². The molecule has 194 valence electrons. The molecule has 1 heterocycles. The predicted molar refractivity (Wildman–Crippen MR) is 149 cm³/mol. The normalized spacial score (nSPS) is 13.1. The van der Waals surface area contributed by atoms with Gasteiger partial charge in [-0.05, 0) is 73.2 Å². The number of amides is 2. The van der Waals surface area contributed by atoms with Gasteiger partial charge in [0.15, 0.2) is 0 Å². The minimum Gasteiger partial charge on any atom is -0.507 e. The third-order valence-electron chi connectivity index (χ3n) is 7.30. The molecule has 1 fully saturated rings. The van der Waals surface area contributed by atoms with Crippen LogP contribution in [0.15, 0.2) is 72.8 Å². The molecule has 1 aliphatic carbocycles. The number of aromatic hydroxyl groups is 1. The summed E-state index contributed by atoms with van der Waals surface area (Å²) in [7, 11) is 0. The second-order valence-corrected chi connectivity index (χ2v) is 9.82. The minimum atomic E-state index is -0.293. The molecule has 3 N–H and O–H groups in total. The first-order valence-corrected chi connectivity index (χ1v) is 13.1. The zero-order chi connectivity index (χ0) is 26.6. The number of rotatable bonds is 7. The molecule has 7 heteroatoms. The van der Waals surface area contributed by atoms with E-state index in [-0.39, 0.29) is 23.6 Å². The van der Waals surface area contributed by atoms with Gasteiger partial charge in [-0.1, -0.05) is 49.7 Å². The van der Waals surface area contributed by atoms with Gasteiger partial charge in [-0.25, -0.2) is 4.79 Å². The van der Waals surface area contributed by atoms with Gasteiger partial charge in [0, 0.05) is 35.3 Å². The van der Waals surface area contributed by atoms with Crippen molar-refractivity contribution in [3.8, 4) is 17.0 Å². The molecule has 0 bridgehead atoms. The molecule has 1 saturated carbocycles. The number of aryl methyl sites for hydroxylation is 2. The van der Waals surface area contributed by atoms with E-state index >= 15 is 0 Å². The molecule has 4 aromatic rings. The lowest BCUT2D eigenvalue weighted by Crippen LogP contribution is -2.31. The van der Waals surface area contributed by atoms with Crippen molar-refractivity contribution in [3.05, 3.63) is 101 Å². The van der Waals surface area contributed by atoms with E-state index in [9.17, 15) is 14.7 Å². The standard InChI is InChI=1S/C31H32N4O3/c1-3-21-11-13-23(14-12-21)30(37)33-25-15-16-26(29(36)17-25)27-18-28(22-9-6-10-22)35(34-27)31(38)32-19-24-8-5-4-7-20(24)2/h4-5,7-8,11-18,22,36H,3,6,9-10,19H2,1-2H3,(H,32,38)(H,33,37). The van der Waals surface area contributed by atoms with Crippen molar-refractivity contribution in [3.63, 3.8) is 0 Å². The van der Waals surface area contributed by atoms with Gasteiger partial charge in [0.05, 0.1) is 11.4 Å². The van der Waals surface area contributed by atoms with Crippen LogP contribution in [-0.4, -0.2) is 26.8 Å². The average molecular weight is 509 g/mol. The van der Waals surface area contributed by atoms with Crippen molar-refractivity contribution in [1.29, 1.82) is 0 Å². The maximum Gasteiger partial charge on any atom is 0.342 e. The molecule has 0 atom stereocenters. The number of nitrogens with zero attached hydrogens (tertiary/aromatic N) is 2. The fraction of sp³-hybridized carbons (Fsp3) is 0.258. The summed E-state index contributed by atoms with van der Waals surface area (Å²) in [6.45, 7) is 4.49. The van der Waals surface area contributed by atoms with E-state index in [1.807, 2.05) is 49.4 Å². The first kappa shape index (κ1) is 25.3. The second kappa shape index (κ2) is 10.9. The van der Waals surface area contributed by atoms with Crippen LogP contribution in [0.4, 0.5) is 10.5 Å². The summed E-state index contributed by atoms with van der Waals surface area (Å²) in [5.41, 5.74) is 6.22. The largest absolute Gasteiger partial charge is 0.507 e. The highest BCUT2D eigenvalue weighted by atomic mass is 16.3. The van der Waals surface area contributed by atoms with Crippen LogP contribution < -0.4 is 10.6 Å². The summed E-state index contributed by atoms with van der Waals surface area (Å²) in [5, 5.41) is 21.2. The van der Waals surface area contributed by atoms with Crippen molar-refractivity contribution in [2.45, 2.75) is 52.0 Å². The molecule has 1 aliphatic rings. The molecule has 0 aliphatic heterocycles. The van der Waals surface area contributed by atoms with Crippen LogP contribution >= 0.6 is 0 Å². The van der Waals surface area contributed by atoms with Crippen LogP contribution in [0.3, 0.4) is 0 Å². The van der Waals surface area contributed by atoms with Crippen LogP contribution in [0.1, 0.15) is 64.8 Å². The van der Waals surface area contributed by atoms with E-state index in [0.717, 1.165) is 48.1 Å². The number of carbonyl (C=O) groups is 2. The molecule has 0 saturated heterocycles. The van der Waals surface area contributed by atoms with Crippen molar-refractivity contribution >= 4 is 17.6 Å². The molecule has 0 spiro atoms. The van der Waals surface area contributed by atoms with Gasteiger partial charge in [-0.3, -0.25) is 4.79 Å². The fourth-order valence-electron chi connectivity index (χ4n) is 4.66. The van der Waals surface area contributed by atoms with Crippen molar-refractivity contribution in [1.82, 2.24) is 15.1 Å². The molecular formula is C31H32N4O3. The molecule has 38 heavy (non-hydrogen) atoms. The zero-order valence-corrected chi connectivity index (χ0v) is 21.7. The first-order valence-electron chi connectivity index (χ1n) is 13.1. The van der Waals surface area contributed by atoms with Gasteiger partial charge in [-0.15, -0.1) is 0 Å². The predicted octanol–water partition coefficient (Wildman–Crippen LogP) is 6.40. The highest BCUT2D eigenvalue weighted by molar-refractivity contribution is 6.04. The Hall–Kier alpha value is -4.39. The molecule has 0 unspecified atom stereocenters. The van der Waals surface area contributed by atoms with Gasteiger partial charge >= 0.3 is 6.03 Å². The number of phenols is 1. The lowest BCUT2D eigenvalue weighted by atomic mass is 9.82. The highest BCUT2D eigenvalue weighted by Gasteiger charge is 2.27. The third kappa shape index (κ3) is 5.32. The third-order valence-corrected chi connectivity index (χ3v) is 7.30. The van der Waals surface area contributed by atoms with Crippen LogP contribution in [0, 0.1) is 6.92 Å². The SMILES string of the molecule is CCc1ccc(C(=O)Nc2ccc(-c3cc(C4CCC4)n(C(=O)NCc4ccccc4C)n3)c(O)c2)cc1. The molecule has 0 radical (unpaired) electrons. The Morgan fingerprint density at radius 1 is 1.03 bits per heavy atom. The topological polar surface area (TPSA) is 96.3 Å². The Kier molecular flexibility index (Phi) is 7.26. The molecule has 2 amide bonds. The van der Waals surface area contributed by atoms with Crippen LogP contribution in [-0.2, 0) is 13.0 Å². The quantitative estimate of drug-likeness (QED) is 0.269. The number of benzene rings is 3. The maximum atomic E-state index is 13.2. The number of hydrogen-bond acceptors (Lipinski definition) is 4. The number of phenolic OH excluding ortho intramolecular Hbond substituents is 1. The van der Waals surface area contributed by atoms with Crippen LogP contribution in [0.2, 0.25) is 0 Å². The molecule has 5 rings (SSSR count). The van der Waals surface area contributed by atoms with Gasteiger partial charge in [0.2, 0.25) is 0 Å². The molecular weight excluding hydrogens is 476 g/mol. The number of carbonyl (C=O) groups excluding carboxylic acids is 2.